The number of rotatable bonds is 11. The number of methoxy groups -OCH3 is 1. The molecule has 0 bridgehead atoms. The summed E-state index contributed by atoms with van der Waals surface area (Å²) in [6.45, 7) is 5.25. The first-order valence-electron chi connectivity index (χ1n) is 9.67. The van der Waals surface area contributed by atoms with Crippen LogP contribution in [0.5, 0.6) is 5.75 Å². The summed E-state index contributed by atoms with van der Waals surface area (Å²) in [5.41, 5.74) is 2.51. The van der Waals surface area contributed by atoms with Crippen molar-refractivity contribution in [2.75, 3.05) is 25.7 Å². The highest BCUT2D eigenvalue weighted by atomic mass is 32.2. The average Bonchev–Trinajstić information content (AvgIpc) is 3.04. The van der Waals surface area contributed by atoms with Crippen LogP contribution in [0.1, 0.15) is 34.6 Å². The van der Waals surface area contributed by atoms with Crippen LogP contribution in [-0.4, -0.2) is 53.3 Å². The number of aromatic nitrogens is 2. The van der Waals surface area contributed by atoms with Gasteiger partial charge in [0.15, 0.2) is 0 Å². The Balaban J connectivity index is 1.91. The van der Waals surface area contributed by atoms with Gasteiger partial charge in [0.05, 0.1) is 18.4 Å². The molecular formula is C21H30N4O3S. The first kappa shape index (κ1) is 22.8. The number of benzene rings is 1. The number of carbonyl (C=O) groups is 2. The molecule has 2 amide bonds. The summed E-state index contributed by atoms with van der Waals surface area (Å²) in [6.07, 6.45) is 3.31. The Morgan fingerprint density at radius 1 is 1.28 bits per heavy atom. The van der Waals surface area contributed by atoms with Crippen molar-refractivity contribution in [2.45, 2.75) is 39.3 Å². The minimum Gasteiger partial charge on any atom is -0.496 e. The molecule has 0 aliphatic rings. The number of thioether (sulfide) groups is 1. The van der Waals surface area contributed by atoms with Crippen LogP contribution in [0.2, 0.25) is 0 Å². The quantitative estimate of drug-likeness (QED) is 0.548. The third-order valence-corrected chi connectivity index (χ3v) is 5.18. The molecule has 0 unspecified atom stereocenters. The van der Waals surface area contributed by atoms with Gasteiger partial charge in [-0.25, -0.2) is 0 Å². The lowest BCUT2D eigenvalue weighted by Gasteiger charge is -2.19. The van der Waals surface area contributed by atoms with Crippen molar-refractivity contribution in [3.05, 3.63) is 47.3 Å². The topological polar surface area (TPSA) is 85.2 Å². The van der Waals surface area contributed by atoms with E-state index in [1.807, 2.05) is 30.9 Å². The van der Waals surface area contributed by atoms with Crippen molar-refractivity contribution < 1.29 is 14.3 Å². The number of ether oxygens (including phenoxy) is 1. The largest absolute Gasteiger partial charge is 0.496 e. The minimum atomic E-state index is -0.589. The second-order valence-electron chi connectivity index (χ2n) is 6.80. The predicted octanol–water partition coefficient (Wildman–Crippen LogP) is 2.57. The molecule has 158 valence electrons. The van der Waals surface area contributed by atoms with Crippen molar-refractivity contribution in [1.29, 1.82) is 0 Å². The van der Waals surface area contributed by atoms with E-state index in [1.54, 1.807) is 36.0 Å². The van der Waals surface area contributed by atoms with E-state index in [4.69, 9.17) is 4.74 Å². The highest BCUT2D eigenvalue weighted by Gasteiger charge is 2.22. The van der Waals surface area contributed by atoms with Gasteiger partial charge in [-0.1, -0.05) is 12.1 Å². The van der Waals surface area contributed by atoms with E-state index < -0.39 is 6.04 Å². The van der Waals surface area contributed by atoms with Crippen LogP contribution in [0.4, 0.5) is 0 Å². The van der Waals surface area contributed by atoms with Crippen molar-refractivity contribution in [1.82, 2.24) is 20.4 Å². The standard InChI is InChI=1S/C21H30N4O3S/c1-15-14-16(2)25(24-15)12-7-11-22-21(27)18(10-13-29-4)23-20(26)17-8-5-6-9-19(17)28-3/h5-6,8-9,14,18H,7,10-13H2,1-4H3,(H,22,27)(H,23,26)/t18-/m0/s1. The molecule has 0 fully saturated rings. The number of amides is 2. The van der Waals surface area contributed by atoms with Crippen LogP contribution >= 0.6 is 11.8 Å². The summed E-state index contributed by atoms with van der Waals surface area (Å²) in [7, 11) is 1.52. The number of carbonyl (C=O) groups excluding carboxylic acids is 2. The molecule has 0 aliphatic heterocycles. The molecular weight excluding hydrogens is 388 g/mol. The van der Waals surface area contributed by atoms with Crippen LogP contribution in [0.3, 0.4) is 0 Å². The zero-order valence-electron chi connectivity index (χ0n) is 17.5. The van der Waals surface area contributed by atoms with Gasteiger partial charge in [0.2, 0.25) is 5.91 Å². The first-order chi connectivity index (χ1) is 14.0. The normalized spacial score (nSPS) is 11.7. The monoisotopic (exact) mass is 418 g/mol. The van der Waals surface area contributed by atoms with E-state index >= 15 is 0 Å². The average molecular weight is 419 g/mol. The maximum atomic E-state index is 12.7. The van der Waals surface area contributed by atoms with Crippen LogP contribution in [0.25, 0.3) is 0 Å². The summed E-state index contributed by atoms with van der Waals surface area (Å²) in [5.74, 6) is 0.775. The van der Waals surface area contributed by atoms with E-state index in [2.05, 4.69) is 15.7 Å². The molecule has 1 aromatic carbocycles. The van der Waals surface area contributed by atoms with Gasteiger partial charge in [-0.15, -0.1) is 0 Å². The lowest BCUT2D eigenvalue weighted by Crippen LogP contribution is -2.47. The highest BCUT2D eigenvalue weighted by molar-refractivity contribution is 7.98. The Morgan fingerprint density at radius 3 is 2.69 bits per heavy atom. The zero-order valence-corrected chi connectivity index (χ0v) is 18.3. The molecule has 0 saturated carbocycles. The molecule has 0 radical (unpaired) electrons. The van der Waals surface area contributed by atoms with Gasteiger partial charge in [-0.2, -0.15) is 16.9 Å². The van der Waals surface area contributed by atoms with E-state index in [1.165, 1.54) is 7.11 Å². The van der Waals surface area contributed by atoms with Gasteiger partial charge in [0.1, 0.15) is 11.8 Å². The van der Waals surface area contributed by atoms with E-state index in [0.717, 1.165) is 30.1 Å². The summed E-state index contributed by atoms with van der Waals surface area (Å²) in [4.78, 5) is 25.3. The lowest BCUT2D eigenvalue weighted by molar-refractivity contribution is -0.123. The highest BCUT2D eigenvalue weighted by Crippen LogP contribution is 2.17. The summed E-state index contributed by atoms with van der Waals surface area (Å²) >= 11 is 1.64. The number of hydrogen-bond acceptors (Lipinski definition) is 5. The van der Waals surface area contributed by atoms with Gasteiger partial charge < -0.3 is 15.4 Å². The maximum absolute atomic E-state index is 12.7. The molecule has 8 heteroatoms. The molecule has 0 saturated heterocycles. The Morgan fingerprint density at radius 2 is 2.03 bits per heavy atom. The number of nitrogens with zero attached hydrogens (tertiary/aromatic N) is 2. The van der Waals surface area contributed by atoms with Crippen molar-refractivity contribution in [3.63, 3.8) is 0 Å². The molecule has 7 nitrogen and oxygen atoms in total. The third-order valence-electron chi connectivity index (χ3n) is 4.53. The number of aryl methyl sites for hydroxylation is 3. The van der Waals surface area contributed by atoms with Crippen molar-refractivity contribution in [2.24, 2.45) is 0 Å². The smallest absolute Gasteiger partial charge is 0.255 e. The Kier molecular flexibility index (Phi) is 9.05. The maximum Gasteiger partial charge on any atom is 0.255 e. The molecule has 1 heterocycles. The number of hydrogen-bond donors (Lipinski definition) is 2. The molecule has 2 aromatic rings. The van der Waals surface area contributed by atoms with Crippen molar-refractivity contribution in [3.8, 4) is 5.75 Å². The fraction of sp³-hybridized carbons (Fsp3) is 0.476. The molecule has 2 rings (SSSR count). The summed E-state index contributed by atoms with van der Waals surface area (Å²) < 4.78 is 7.19. The summed E-state index contributed by atoms with van der Waals surface area (Å²) in [5, 5.41) is 10.2. The fourth-order valence-corrected chi connectivity index (χ4v) is 3.51. The van der Waals surface area contributed by atoms with Crippen LogP contribution < -0.4 is 15.4 Å². The molecule has 1 aromatic heterocycles. The Labute approximate surface area is 176 Å². The lowest BCUT2D eigenvalue weighted by atomic mass is 10.1. The van der Waals surface area contributed by atoms with Crippen LogP contribution in [0.15, 0.2) is 30.3 Å². The van der Waals surface area contributed by atoms with Gasteiger partial charge in [0, 0.05) is 18.8 Å². The third kappa shape index (κ3) is 6.81. The first-order valence-corrected chi connectivity index (χ1v) is 11.1. The van der Waals surface area contributed by atoms with Crippen molar-refractivity contribution >= 4 is 23.6 Å². The van der Waals surface area contributed by atoms with Gasteiger partial charge >= 0.3 is 0 Å². The molecule has 2 N–H and O–H groups in total. The Hall–Kier alpha value is -2.48. The second-order valence-corrected chi connectivity index (χ2v) is 7.79. The predicted molar refractivity (Wildman–Crippen MR) is 117 cm³/mol. The molecule has 0 spiro atoms. The van der Waals surface area contributed by atoms with Gasteiger partial charge in [-0.05, 0) is 56.9 Å². The van der Waals surface area contributed by atoms with Gasteiger partial charge in [-0.3, -0.25) is 14.3 Å². The fourth-order valence-electron chi connectivity index (χ4n) is 3.04. The zero-order chi connectivity index (χ0) is 21.2. The molecule has 29 heavy (non-hydrogen) atoms. The molecule has 0 aliphatic carbocycles. The summed E-state index contributed by atoms with van der Waals surface area (Å²) in [6, 6.07) is 8.43. The number of para-hydroxylation sites is 1. The second kappa shape index (κ2) is 11.5. The molecule has 1 atom stereocenters. The van der Waals surface area contributed by atoms with Crippen LogP contribution in [0, 0.1) is 13.8 Å². The van der Waals surface area contributed by atoms with Crippen LogP contribution in [-0.2, 0) is 11.3 Å². The van der Waals surface area contributed by atoms with E-state index in [9.17, 15) is 9.59 Å². The Bertz CT molecular complexity index is 822. The van der Waals surface area contributed by atoms with E-state index in [-0.39, 0.29) is 11.8 Å². The van der Waals surface area contributed by atoms with E-state index in [0.29, 0.717) is 24.3 Å². The minimum absolute atomic E-state index is 0.171. The van der Waals surface area contributed by atoms with Gasteiger partial charge in [0.25, 0.3) is 5.91 Å². The SMILES string of the molecule is COc1ccccc1C(=O)N[C@@H](CCSC)C(=O)NCCCn1nc(C)cc1C. The number of nitrogens with one attached hydrogen (secondary N) is 2.